The molecule has 1 fully saturated rings. The Balaban J connectivity index is 2.38. The number of hydrazine groups is 1. The van der Waals surface area contributed by atoms with E-state index in [-0.39, 0.29) is 16.5 Å². The molecule has 3 nitrogen and oxygen atoms in total. The Bertz CT molecular complexity index is 600. The molecule has 1 saturated heterocycles. The largest absolute Gasteiger partial charge is 0.244 e. The number of aryl methyl sites for hydroxylation is 1. The molecule has 128 valence electrons. The van der Waals surface area contributed by atoms with Gasteiger partial charge in [0.15, 0.2) is 0 Å². The van der Waals surface area contributed by atoms with Gasteiger partial charge in [-0.2, -0.15) is 0 Å². The third-order valence-corrected chi connectivity index (χ3v) is 4.09. The van der Waals surface area contributed by atoms with Gasteiger partial charge >= 0.3 is 0 Å². The Kier molecular flexibility index (Phi) is 4.07. The molecule has 3 heteroatoms. The number of aliphatic imine (C=N–C) groups is 1. The summed E-state index contributed by atoms with van der Waals surface area (Å²) < 4.78 is 0. The molecule has 23 heavy (non-hydrogen) atoms. The van der Waals surface area contributed by atoms with E-state index in [1.165, 1.54) is 11.1 Å². The number of benzene rings is 1. The molecule has 1 aliphatic heterocycles. The molecule has 1 aromatic carbocycles. The number of nitrogens with zero attached hydrogens (tertiary/aromatic N) is 3. The number of guanidine groups is 1. The molecule has 0 bridgehead atoms. The molecule has 0 unspecified atom stereocenters. The van der Waals surface area contributed by atoms with Crippen molar-refractivity contribution in [3.63, 3.8) is 0 Å². The maximum absolute atomic E-state index is 4.96. The van der Waals surface area contributed by atoms with Gasteiger partial charge < -0.3 is 0 Å². The van der Waals surface area contributed by atoms with Crippen molar-refractivity contribution in [2.75, 3.05) is 0 Å². The third kappa shape index (κ3) is 3.70. The van der Waals surface area contributed by atoms with Gasteiger partial charge in [0.05, 0.1) is 16.8 Å². The normalized spacial score (nSPS) is 16.0. The average Bonchev–Trinajstić information content (AvgIpc) is 3.04. The maximum Gasteiger partial charge on any atom is 0.241 e. The van der Waals surface area contributed by atoms with E-state index in [4.69, 9.17) is 4.99 Å². The van der Waals surface area contributed by atoms with Crippen LogP contribution in [0.1, 0.15) is 73.4 Å². The van der Waals surface area contributed by atoms with Crippen LogP contribution >= 0.6 is 0 Å². The second-order valence-corrected chi connectivity index (χ2v) is 9.63. The van der Waals surface area contributed by atoms with Crippen LogP contribution in [-0.4, -0.2) is 27.1 Å². The summed E-state index contributed by atoms with van der Waals surface area (Å²) in [6, 6.07) is 6.63. The van der Waals surface area contributed by atoms with Gasteiger partial charge in [0.25, 0.3) is 0 Å². The van der Waals surface area contributed by atoms with Gasteiger partial charge in [-0.25, -0.2) is 15.0 Å². The first kappa shape index (κ1) is 17.8. The van der Waals surface area contributed by atoms with Gasteiger partial charge in [-0.1, -0.05) is 32.9 Å². The quantitative estimate of drug-likeness (QED) is 0.645. The van der Waals surface area contributed by atoms with Crippen LogP contribution in [0.25, 0.3) is 0 Å². The van der Waals surface area contributed by atoms with Crippen molar-refractivity contribution in [3.05, 3.63) is 29.3 Å². The second kappa shape index (κ2) is 5.25. The standard InChI is InChI=1S/C20H33N3/c1-14-13-15(18(2,3)4)11-12-16(14)21-17-22(19(5,6)7)23(17)20(8,9)10/h11-13H,1-10H3. The summed E-state index contributed by atoms with van der Waals surface area (Å²) in [5, 5.41) is 4.59. The van der Waals surface area contributed by atoms with Crippen LogP contribution in [0.15, 0.2) is 23.2 Å². The number of rotatable bonds is 1. The monoisotopic (exact) mass is 315 g/mol. The molecular weight excluding hydrogens is 282 g/mol. The minimum atomic E-state index is 0.0470. The summed E-state index contributed by atoms with van der Waals surface area (Å²) in [4.78, 5) is 4.96. The van der Waals surface area contributed by atoms with E-state index >= 15 is 0 Å². The zero-order valence-electron chi connectivity index (χ0n) is 16.6. The molecule has 1 aromatic rings. The van der Waals surface area contributed by atoms with Crippen LogP contribution in [0.5, 0.6) is 0 Å². The van der Waals surface area contributed by atoms with Crippen molar-refractivity contribution in [1.29, 1.82) is 0 Å². The van der Waals surface area contributed by atoms with E-state index in [0.29, 0.717) is 0 Å². The fraction of sp³-hybridized carbons (Fsp3) is 0.650. The van der Waals surface area contributed by atoms with E-state index in [2.05, 4.69) is 97.5 Å². The van der Waals surface area contributed by atoms with E-state index in [9.17, 15) is 0 Å². The lowest BCUT2D eigenvalue weighted by Crippen LogP contribution is -2.36. The predicted molar refractivity (Wildman–Crippen MR) is 100 cm³/mol. The Morgan fingerprint density at radius 3 is 1.61 bits per heavy atom. The zero-order valence-corrected chi connectivity index (χ0v) is 16.6. The predicted octanol–water partition coefficient (Wildman–Crippen LogP) is 5.41. The maximum atomic E-state index is 4.96. The molecule has 1 aliphatic rings. The highest BCUT2D eigenvalue weighted by molar-refractivity contribution is 5.95. The molecule has 0 N–H and O–H groups in total. The highest BCUT2D eigenvalue weighted by atomic mass is 15.9. The summed E-state index contributed by atoms with van der Waals surface area (Å²) in [6.07, 6.45) is 0. The van der Waals surface area contributed by atoms with Crippen LogP contribution in [-0.2, 0) is 5.41 Å². The Morgan fingerprint density at radius 2 is 1.26 bits per heavy atom. The first-order valence-corrected chi connectivity index (χ1v) is 8.53. The average molecular weight is 316 g/mol. The lowest BCUT2D eigenvalue weighted by Gasteiger charge is -2.27. The molecule has 0 atom stereocenters. The van der Waals surface area contributed by atoms with Gasteiger partial charge in [-0.3, -0.25) is 0 Å². The van der Waals surface area contributed by atoms with Gasteiger partial charge in [0.1, 0.15) is 0 Å². The molecule has 1 heterocycles. The van der Waals surface area contributed by atoms with Crippen LogP contribution < -0.4 is 0 Å². The van der Waals surface area contributed by atoms with E-state index < -0.39 is 0 Å². The van der Waals surface area contributed by atoms with Crippen LogP contribution in [0.4, 0.5) is 5.69 Å². The highest BCUT2D eigenvalue weighted by Gasteiger charge is 2.52. The van der Waals surface area contributed by atoms with Crippen LogP contribution in [0, 0.1) is 6.92 Å². The molecule has 0 aliphatic carbocycles. The molecule has 0 radical (unpaired) electrons. The fourth-order valence-corrected chi connectivity index (χ4v) is 2.79. The van der Waals surface area contributed by atoms with Crippen molar-refractivity contribution in [1.82, 2.24) is 10.0 Å². The molecule has 0 spiro atoms. The van der Waals surface area contributed by atoms with Crippen molar-refractivity contribution in [3.8, 4) is 0 Å². The summed E-state index contributed by atoms with van der Waals surface area (Å²) in [6.45, 7) is 22.2. The van der Waals surface area contributed by atoms with E-state index in [1.807, 2.05) is 0 Å². The molecular formula is C20H33N3. The topological polar surface area (TPSA) is 18.4 Å². The summed E-state index contributed by atoms with van der Waals surface area (Å²) >= 11 is 0. The molecule has 0 aromatic heterocycles. The van der Waals surface area contributed by atoms with Crippen LogP contribution in [0.3, 0.4) is 0 Å². The molecule has 0 saturated carbocycles. The van der Waals surface area contributed by atoms with E-state index in [1.54, 1.807) is 0 Å². The fourth-order valence-electron chi connectivity index (χ4n) is 2.79. The Hall–Kier alpha value is -1.51. The first-order chi connectivity index (χ1) is 10.2. The van der Waals surface area contributed by atoms with Gasteiger partial charge in [0, 0.05) is 0 Å². The summed E-state index contributed by atoms with van der Waals surface area (Å²) in [5.41, 5.74) is 3.92. The minimum Gasteiger partial charge on any atom is -0.244 e. The van der Waals surface area contributed by atoms with Crippen molar-refractivity contribution in [2.24, 2.45) is 4.99 Å². The SMILES string of the molecule is Cc1cc(C(C)(C)C)ccc1N=C1N(C(C)(C)C)N1C(C)(C)C. The Labute approximate surface area is 142 Å². The molecule has 2 rings (SSSR count). The second-order valence-electron chi connectivity index (χ2n) is 9.63. The van der Waals surface area contributed by atoms with E-state index in [0.717, 1.165) is 11.6 Å². The number of hydrogen-bond donors (Lipinski definition) is 0. The Morgan fingerprint density at radius 1 is 0.783 bits per heavy atom. The van der Waals surface area contributed by atoms with Gasteiger partial charge in [-0.05, 0) is 71.1 Å². The van der Waals surface area contributed by atoms with Crippen LogP contribution in [0.2, 0.25) is 0 Å². The highest BCUT2D eigenvalue weighted by Crippen LogP contribution is 2.39. The minimum absolute atomic E-state index is 0.0470. The van der Waals surface area contributed by atoms with Gasteiger partial charge in [0.2, 0.25) is 5.96 Å². The summed E-state index contributed by atoms with van der Waals surface area (Å²) in [5.74, 6) is 1.07. The lowest BCUT2D eigenvalue weighted by atomic mass is 9.86. The van der Waals surface area contributed by atoms with Crippen molar-refractivity contribution in [2.45, 2.75) is 85.7 Å². The lowest BCUT2D eigenvalue weighted by molar-refractivity contribution is 0.110. The van der Waals surface area contributed by atoms with Gasteiger partial charge in [-0.15, -0.1) is 0 Å². The number of hydrogen-bond acceptors (Lipinski definition) is 1. The molecule has 0 amide bonds. The van der Waals surface area contributed by atoms with Crippen molar-refractivity contribution < 1.29 is 0 Å². The third-order valence-electron chi connectivity index (χ3n) is 4.09. The zero-order chi connectivity index (χ0) is 17.8. The summed E-state index contributed by atoms with van der Waals surface area (Å²) in [7, 11) is 0. The first-order valence-electron chi connectivity index (χ1n) is 8.53. The van der Waals surface area contributed by atoms with Crippen molar-refractivity contribution >= 4 is 11.6 Å². The smallest absolute Gasteiger partial charge is 0.241 e.